The first-order chi connectivity index (χ1) is 21.2. The molecule has 4 rings (SSSR count). The van der Waals surface area contributed by atoms with Gasteiger partial charge >= 0.3 is 12.4 Å². The molecule has 15 heteroatoms. The van der Waals surface area contributed by atoms with Gasteiger partial charge < -0.3 is 19.5 Å². The van der Waals surface area contributed by atoms with Gasteiger partial charge in [-0.1, -0.05) is 24.0 Å². The maximum Gasteiger partial charge on any atom is 0.416 e. The van der Waals surface area contributed by atoms with E-state index in [1.54, 1.807) is 32.2 Å². The number of benzene rings is 2. The van der Waals surface area contributed by atoms with Crippen molar-refractivity contribution in [3.05, 3.63) is 64.2 Å². The molecule has 0 radical (unpaired) electrons. The van der Waals surface area contributed by atoms with Gasteiger partial charge in [0.25, 0.3) is 5.91 Å². The summed E-state index contributed by atoms with van der Waals surface area (Å²) >= 11 is 0. The Morgan fingerprint density at radius 3 is 2.21 bits per heavy atom. The Hall–Kier alpha value is -2.73. The van der Waals surface area contributed by atoms with Crippen LogP contribution in [-0.4, -0.2) is 103 Å². The van der Waals surface area contributed by atoms with E-state index in [4.69, 9.17) is 9.47 Å². The maximum atomic E-state index is 13.6. The zero-order chi connectivity index (χ0) is 32.9. The molecule has 0 aromatic heterocycles. The van der Waals surface area contributed by atoms with Crippen LogP contribution in [0.15, 0.2) is 36.4 Å². The first-order valence-corrected chi connectivity index (χ1v) is 14.6. The highest BCUT2D eigenvalue weighted by atomic mass is 35.5. The molecule has 2 aliphatic rings. The average Bonchev–Trinajstić information content (AvgIpc) is 2.97. The molecule has 2 aromatic carbocycles. The molecule has 2 aromatic rings. The van der Waals surface area contributed by atoms with E-state index in [0.29, 0.717) is 62.7 Å². The SMILES string of the molecule is COC[C@@H]1CN(CC#CCN2CCN(C(=O)c3cc(C(F)(F)F)cc(C(F)(F)F)c3)C(Cc3ccc(C)c(O)c3)C2)[C@@H](C)CO1.Cl.Cl. The maximum absolute atomic E-state index is 13.6. The van der Waals surface area contributed by atoms with Crippen LogP contribution in [0, 0.1) is 18.8 Å². The minimum absolute atomic E-state index is 0. The molecule has 2 fully saturated rings. The lowest BCUT2D eigenvalue weighted by molar-refractivity contribution is -0.143. The number of piperazine rings is 1. The fourth-order valence-corrected chi connectivity index (χ4v) is 5.51. The predicted molar refractivity (Wildman–Crippen MR) is 169 cm³/mol. The van der Waals surface area contributed by atoms with Crippen LogP contribution in [0.1, 0.15) is 39.5 Å². The summed E-state index contributed by atoms with van der Waals surface area (Å²) in [5.41, 5.74) is -2.47. The topological polar surface area (TPSA) is 65.5 Å². The second-order valence-electron chi connectivity index (χ2n) is 11.5. The number of aromatic hydroxyl groups is 1. The van der Waals surface area contributed by atoms with E-state index in [1.165, 1.54) is 4.90 Å². The largest absolute Gasteiger partial charge is 0.508 e. The van der Waals surface area contributed by atoms with Gasteiger partial charge in [0, 0.05) is 50.9 Å². The van der Waals surface area contributed by atoms with Gasteiger partial charge in [0.15, 0.2) is 0 Å². The number of morpholine rings is 1. The number of phenols is 1. The standard InChI is InChI=1S/C32H37F6N3O4.2ClH/c1-21-6-7-23(13-29(21)42)12-27-17-39(8-4-5-9-40-18-28(20-44-3)45-19-22(40)2)10-11-41(27)30(43)24-14-25(31(33,34)35)16-26(15-24)32(36,37)38;;/h6-7,13-16,22,27-28,42H,8-12,17-20H2,1-3H3;2*1H/t22-,27?,28-;;/m0../s1. The Kier molecular flexibility index (Phi) is 14.7. The molecule has 0 aliphatic carbocycles. The molecule has 2 aliphatic heterocycles. The smallest absolute Gasteiger partial charge is 0.416 e. The molecule has 0 spiro atoms. The van der Waals surface area contributed by atoms with Crippen molar-refractivity contribution in [1.82, 2.24) is 14.7 Å². The highest BCUT2D eigenvalue weighted by Crippen LogP contribution is 2.37. The van der Waals surface area contributed by atoms with Gasteiger partial charge in [0.05, 0.1) is 43.5 Å². The molecule has 1 amide bonds. The van der Waals surface area contributed by atoms with Crippen molar-refractivity contribution in [2.45, 2.75) is 50.8 Å². The second kappa shape index (κ2) is 17.1. The van der Waals surface area contributed by atoms with E-state index in [2.05, 4.69) is 23.7 Å². The van der Waals surface area contributed by atoms with Gasteiger partial charge in [-0.15, -0.1) is 24.8 Å². The van der Waals surface area contributed by atoms with Crippen molar-refractivity contribution in [3.63, 3.8) is 0 Å². The number of hydrogen-bond donors (Lipinski definition) is 1. The van der Waals surface area contributed by atoms with Crippen molar-refractivity contribution in [2.75, 3.05) is 59.6 Å². The number of aryl methyl sites for hydroxylation is 1. The summed E-state index contributed by atoms with van der Waals surface area (Å²) in [5.74, 6) is 5.47. The van der Waals surface area contributed by atoms with Crippen LogP contribution in [0.3, 0.4) is 0 Å². The third-order valence-electron chi connectivity index (χ3n) is 8.10. The van der Waals surface area contributed by atoms with Gasteiger partial charge in [-0.25, -0.2) is 0 Å². The third-order valence-corrected chi connectivity index (χ3v) is 8.10. The molecule has 262 valence electrons. The van der Waals surface area contributed by atoms with Crippen LogP contribution in [0.2, 0.25) is 0 Å². The van der Waals surface area contributed by atoms with Crippen molar-refractivity contribution < 1.29 is 45.7 Å². The summed E-state index contributed by atoms with van der Waals surface area (Å²) in [7, 11) is 1.62. The molecule has 47 heavy (non-hydrogen) atoms. The Morgan fingerprint density at radius 2 is 1.62 bits per heavy atom. The van der Waals surface area contributed by atoms with Gasteiger partial charge in [0.1, 0.15) is 5.75 Å². The third kappa shape index (κ3) is 10.9. The highest BCUT2D eigenvalue weighted by Gasteiger charge is 2.39. The van der Waals surface area contributed by atoms with E-state index >= 15 is 0 Å². The fourth-order valence-electron chi connectivity index (χ4n) is 5.51. The minimum atomic E-state index is -5.07. The van der Waals surface area contributed by atoms with Crippen molar-refractivity contribution in [2.24, 2.45) is 0 Å². The molecule has 0 bridgehead atoms. The summed E-state index contributed by atoms with van der Waals surface area (Å²) in [6.45, 7) is 7.06. The number of phenolic OH excluding ortho intramolecular Hbond substituents is 1. The van der Waals surface area contributed by atoms with Gasteiger partial charge in [-0.05, 0) is 55.7 Å². The number of nitrogens with zero attached hydrogens (tertiary/aromatic N) is 3. The Labute approximate surface area is 283 Å². The quantitative estimate of drug-likeness (QED) is 0.294. The van der Waals surface area contributed by atoms with E-state index in [1.807, 2.05) is 4.90 Å². The van der Waals surface area contributed by atoms with Crippen LogP contribution in [0.4, 0.5) is 26.3 Å². The fraction of sp³-hybridized carbons (Fsp3) is 0.531. The Morgan fingerprint density at radius 1 is 0.979 bits per heavy atom. The first-order valence-electron chi connectivity index (χ1n) is 14.6. The highest BCUT2D eigenvalue weighted by molar-refractivity contribution is 5.95. The van der Waals surface area contributed by atoms with Crippen LogP contribution in [-0.2, 0) is 28.2 Å². The van der Waals surface area contributed by atoms with E-state index < -0.39 is 41.0 Å². The van der Waals surface area contributed by atoms with Crippen LogP contribution in [0.5, 0.6) is 5.75 Å². The van der Waals surface area contributed by atoms with E-state index in [-0.39, 0.29) is 68.3 Å². The molecule has 7 nitrogen and oxygen atoms in total. The summed E-state index contributed by atoms with van der Waals surface area (Å²) < 4.78 is 92.1. The monoisotopic (exact) mass is 713 g/mol. The number of halogens is 8. The zero-order valence-electron chi connectivity index (χ0n) is 26.2. The lowest BCUT2D eigenvalue weighted by atomic mass is 9.98. The first kappa shape index (κ1) is 40.4. The molecule has 3 atom stereocenters. The van der Waals surface area contributed by atoms with Crippen LogP contribution >= 0.6 is 24.8 Å². The normalized spacial score (nSPS) is 20.9. The summed E-state index contributed by atoms with van der Waals surface area (Å²) in [4.78, 5) is 19.1. The van der Waals surface area contributed by atoms with Crippen LogP contribution in [0.25, 0.3) is 0 Å². The number of rotatable bonds is 7. The Bertz CT molecular complexity index is 1380. The number of ether oxygens (including phenoxy) is 2. The average molecular weight is 715 g/mol. The molecule has 1 N–H and O–H groups in total. The number of carbonyl (C=O) groups excluding carboxylic acids is 1. The van der Waals surface area contributed by atoms with Crippen LogP contribution < -0.4 is 0 Å². The van der Waals surface area contributed by atoms with E-state index in [9.17, 15) is 36.2 Å². The van der Waals surface area contributed by atoms with Gasteiger partial charge in [-0.3, -0.25) is 14.6 Å². The molecular formula is C32H39Cl2F6N3O4. The molecule has 0 saturated carbocycles. The number of carbonyl (C=O) groups is 1. The molecular weight excluding hydrogens is 675 g/mol. The summed E-state index contributed by atoms with van der Waals surface area (Å²) in [6.07, 6.45) is -9.96. The minimum Gasteiger partial charge on any atom is -0.508 e. The van der Waals surface area contributed by atoms with Crippen molar-refractivity contribution in [3.8, 4) is 17.6 Å². The molecule has 1 unspecified atom stereocenters. The predicted octanol–water partition coefficient (Wildman–Crippen LogP) is 5.69. The van der Waals surface area contributed by atoms with Crippen molar-refractivity contribution in [1.29, 1.82) is 0 Å². The number of hydrogen-bond acceptors (Lipinski definition) is 6. The van der Waals surface area contributed by atoms with Gasteiger partial charge in [0.2, 0.25) is 0 Å². The zero-order valence-corrected chi connectivity index (χ0v) is 27.8. The number of amides is 1. The lowest BCUT2D eigenvalue weighted by Gasteiger charge is -2.41. The number of methoxy groups -OCH3 is 1. The summed E-state index contributed by atoms with van der Waals surface area (Å²) in [5, 5.41) is 10.2. The van der Waals surface area contributed by atoms with Gasteiger partial charge in [-0.2, -0.15) is 26.3 Å². The Balaban J connectivity index is 0.00000384. The van der Waals surface area contributed by atoms with E-state index in [0.717, 1.165) is 0 Å². The number of alkyl halides is 6. The summed E-state index contributed by atoms with van der Waals surface area (Å²) in [6, 6.07) is 5.54. The van der Waals surface area contributed by atoms with Crippen molar-refractivity contribution >= 4 is 30.7 Å². The molecule has 2 saturated heterocycles. The molecule has 2 heterocycles. The lowest BCUT2D eigenvalue weighted by Crippen LogP contribution is -2.56. The second-order valence-corrected chi connectivity index (χ2v) is 11.5.